The molecule has 0 radical (unpaired) electrons. The summed E-state index contributed by atoms with van der Waals surface area (Å²) in [6, 6.07) is 18.9. The summed E-state index contributed by atoms with van der Waals surface area (Å²) in [7, 11) is 0. The number of fused-ring (bicyclic) bond motifs is 1. The van der Waals surface area contributed by atoms with Gasteiger partial charge in [0.1, 0.15) is 0 Å². The van der Waals surface area contributed by atoms with Crippen molar-refractivity contribution in [3.8, 4) is 0 Å². The van der Waals surface area contributed by atoms with Crippen LogP contribution in [0.3, 0.4) is 0 Å². The van der Waals surface area contributed by atoms with Crippen LogP contribution in [0.15, 0.2) is 60.8 Å². The number of nitrogens with one attached hydrogen (secondary N) is 2. The molecule has 4 N–H and O–H groups in total. The van der Waals surface area contributed by atoms with Gasteiger partial charge in [0.25, 0.3) is 0 Å². The fraction of sp³-hybridized carbons (Fsp3) is 0.318. The molecule has 27 heavy (non-hydrogen) atoms. The van der Waals surface area contributed by atoms with Gasteiger partial charge in [0.2, 0.25) is 5.91 Å². The molecule has 3 atom stereocenters. The number of halogens is 1. The summed E-state index contributed by atoms with van der Waals surface area (Å²) in [5, 5.41) is 4.40. The summed E-state index contributed by atoms with van der Waals surface area (Å²) in [4.78, 5) is 15.9. The highest BCUT2D eigenvalue weighted by atomic mass is 35.5. The molecule has 3 aromatic rings. The lowest BCUT2D eigenvalue weighted by molar-refractivity contribution is -0.124. The van der Waals surface area contributed by atoms with Gasteiger partial charge in [-0.1, -0.05) is 48.5 Å². The minimum absolute atomic E-state index is 0. The molecule has 1 aromatic heterocycles. The van der Waals surface area contributed by atoms with Gasteiger partial charge in [-0.05, 0) is 36.5 Å². The molecule has 1 aliphatic rings. The first-order valence-electron chi connectivity index (χ1n) is 9.36. The minimum Gasteiger partial charge on any atom is -0.361 e. The summed E-state index contributed by atoms with van der Waals surface area (Å²) in [6.45, 7) is 0.594. The van der Waals surface area contributed by atoms with Crippen LogP contribution in [0, 0.1) is 5.92 Å². The highest BCUT2D eigenvalue weighted by Gasteiger charge is 2.28. The van der Waals surface area contributed by atoms with Gasteiger partial charge in [-0.25, -0.2) is 0 Å². The molecule has 1 saturated carbocycles. The Bertz CT molecular complexity index is 893. The first kappa shape index (κ1) is 19.5. The molecule has 4 nitrogen and oxygen atoms in total. The van der Waals surface area contributed by atoms with Gasteiger partial charge >= 0.3 is 0 Å². The fourth-order valence-electron chi connectivity index (χ4n) is 4.08. The Balaban J connectivity index is 0.00000210. The van der Waals surface area contributed by atoms with E-state index in [4.69, 9.17) is 5.73 Å². The summed E-state index contributed by atoms with van der Waals surface area (Å²) in [5.74, 6) is 0.314. The van der Waals surface area contributed by atoms with Crippen LogP contribution in [0.1, 0.15) is 36.3 Å². The maximum absolute atomic E-state index is 12.6. The molecule has 0 saturated heterocycles. The van der Waals surface area contributed by atoms with E-state index in [2.05, 4.69) is 59.0 Å². The predicted octanol–water partition coefficient (Wildman–Crippen LogP) is 3.97. The molecule has 1 aliphatic carbocycles. The van der Waals surface area contributed by atoms with E-state index in [0.717, 1.165) is 24.8 Å². The number of para-hydroxylation sites is 1. The van der Waals surface area contributed by atoms with Gasteiger partial charge in [-0.15, -0.1) is 12.4 Å². The summed E-state index contributed by atoms with van der Waals surface area (Å²) in [5.41, 5.74) is 9.51. The molecule has 4 rings (SSSR count). The molecule has 0 spiro atoms. The van der Waals surface area contributed by atoms with Gasteiger partial charge in [0.15, 0.2) is 0 Å². The second-order valence-corrected chi connectivity index (χ2v) is 7.27. The molecular formula is C22H26ClN3O. The largest absolute Gasteiger partial charge is 0.361 e. The molecule has 3 unspecified atom stereocenters. The van der Waals surface area contributed by atoms with E-state index in [0.29, 0.717) is 6.54 Å². The van der Waals surface area contributed by atoms with Gasteiger partial charge in [0, 0.05) is 41.5 Å². The lowest BCUT2D eigenvalue weighted by atomic mass is 9.90. The van der Waals surface area contributed by atoms with Gasteiger partial charge < -0.3 is 16.0 Å². The Labute approximate surface area is 165 Å². The summed E-state index contributed by atoms with van der Waals surface area (Å²) < 4.78 is 0. The van der Waals surface area contributed by atoms with Gasteiger partial charge in [-0.2, -0.15) is 0 Å². The zero-order chi connectivity index (χ0) is 17.9. The van der Waals surface area contributed by atoms with Crippen LogP contribution >= 0.6 is 12.4 Å². The third-order valence-electron chi connectivity index (χ3n) is 5.52. The molecular weight excluding hydrogens is 358 g/mol. The van der Waals surface area contributed by atoms with Gasteiger partial charge in [0.05, 0.1) is 0 Å². The van der Waals surface area contributed by atoms with Crippen LogP contribution in [0.2, 0.25) is 0 Å². The number of aromatic nitrogens is 1. The Hall–Kier alpha value is -2.30. The maximum atomic E-state index is 12.6. The number of hydrogen-bond donors (Lipinski definition) is 3. The average Bonchev–Trinajstić information content (AvgIpc) is 3.29. The van der Waals surface area contributed by atoms with Crippen molar-refractivity contribution in [2.24, 2.45) is 11.7 Å². The van der Waals surface area contributed by atoms with E-state index in [1.165, 1.54) is 16.5 Å². The van der Waals surface area contributed by atoms with E-state index < -0.39 is 0 Å². The lowest BCUT2D eigenvalue weighted by Crippen LogP contribution is -2.33. The van der Waals surface area contributed by atoms with Crippen LogP contribution in [0.5, 0.6) is 0 Å². The van der Waals surface area contributed by atoms with E-state index >= 15 is 0 Å². The number of benzene rings is 2. The van der Waals surface area contributed by atoms with Crippen molar-refractivity contribution < 1.29 is 4.79 Å². The third-order valence-corrected chi connectivity index (χ3v) is 5.52. The number of H-pyrrole nitrogens is 1. The van der Waals surface area contributed by atoms with Crippen molar-refractivity contribution in [2.75, 3.05) is 6.54 Å². The SMILES string of the molecule is Cl.NC1CCC(C(=O)NCC(c2ccccc2)c2c[nH]c3ccccc23)C1. The first-order valence-corrected chi connectivity index (χ1v) is 9.36. The number of nitrogens with two attached hydrogens (primary N) is 1. The predicted molar refractivity (Wildman–Crippen MR) is 112 cm³/mol. The molecule has 142 valence electrons. The molecule has 2 aromatic carbocycles. The Morgan fingerprint density at radius 3 is 2.59 bits per heavy atom. The van der Waals surface area contributed by atoms with Crippen molar-refractivity contribution in [3.05, 3.63) is 71.9 Å². The van der Waals surface area contributed by atoms with E-state index in [9.17, 15) is 4.79 Å². The number of carbonyl (C=O) groups excluding carboxylic acids is 1. The average molecular weight is 384 g/mol. The van der Waals surface area contributed by atoms with Crippen molar-refractivity contribution in [2.45, 2.75) is 31.2 Å². The van der Waals surface area contributed by atoms with E-state index in [1.807, 2.05) is 12.1 Å². The van der Waals surface area contributed by atoms with Crippen molar-refractivity contribution in [3.63, 3.8) is 0 Å². The molecule has 1 fully saturated rings. The fourth-order valence-corrected chi connectivity index (χ4v) is 4.08. The maximum Gasteiger partial charge on any atom is 0.223 e. The minimum atomic E-state index is 0. The van der Waals surface area contributed by atoms with Crippen molar-refractivity contribution >= 4 is 29.2 Å². The Kier molecular flexibility index (Phi) is 6.19. The van der Waals surface area contributed by atoms with Gasteiger partial charge in [-0.3, -0.25) is 4.79 Å². The molecule has 0 bridgehead atoms. The zero-order valence-electron chi connectivity index (χ0n) is 15.2. The van der Waals surface area contributed by atoms with Crippen LogP contribution in [0.4, 0.5) is 0 Å². The number of rotatable bonds is 5. The standard InChI is InChI=1S/C22H25N3O.ClH/c23-17-11-10-16(12-17)22(26)25-13-19(15-6-2-1-3-7-15)20-14-24-21-9-5-4-8-18(20)21;/h1-9,14,16-17,19,24H,10-13,23H2,(H,25,26);1H. The summed E-state index contributed by atoms with van der Waals surface area (Å²) >= 11 is 0. The van der Waals surface area contributed by atoms with Crippen molar-refractivity contribution in [1.82, 2.24) is 10.3 Å². The number of amides is 1. The normalized spacial score (nSPS) is 20.2. The topological polar surface area (TPSA) is 70.9 Å². The first-order chi connectivity index (χ1) is 12.7. The Morgan fingerprint density at radius 1 is 1.11 bits per heavy atom. The summed E-state index contributed by atoms with van der Waals surface area (Å²) in [6.07, 6.45) is 4.72. The van der Waals surface area contributed by atoms with Crippen LogP contribution in [0.25, 0.3) is 10.9 Å². The molecule has 0 aliphatic heterocycles. The monoisotopic (exact) mass is 383 g/mol. The second-order valence-electron chi connectivity index (χ2n) is 7.27. The highest BCUT2D eigenvalue weighted by molar-refractivity contribution is 5.85. The second kappa shape index (κ2) is 8.59. The number of hydrogen-bond acceptors (Lipinski definition) is 2. The highest BCUT2D eigenvalue weighted by Crippen LogP contribution is 2.31. The van der Waals surface area contributed by atoms with Crippen LogP contribution in [-0.4, -0.2) is 23.5 Å². The quantitative estimate of drug-likeness (QED) is 0.624. The van der Waals surface area contributed by atoms with Crippen LogP contribution < -0.4 is 11.1 Å². The Morgan fingerprint density at radius 2 is 1.85 bits per heavy atom. The zero-order valence-corrected chi connectivity index (χ0v) is 16.0. The number of aromatic amines is 1. The van der Waals surface area contributed by atoms with Crippen molar-refractivity contribution in [1.29, 1.82) is 0 Å². The molecule has 1 heterocycles. The lowest BCUT2D eigenvalue weighted by Gasteiger charge is -2.19. The van der Waals surface area contributed by atoms with E-state index in [1.54, 1.807) is 0 Å². The molecule has 1 amide bonds. The third kappa shape index (κ3) is 4.18. The smallest absolute Gasteiger partial charge is 0.223 e. The molecule has 5 heteroatoms. The van der Waals surface area contributed by atoms with Crippen LogP contribution in [-0.2, 0) is 4.79 Å². The van der Waals surface area contributed by atoms with E-state index in [-0.39, 0.29) is 36.2 Å². The number of carbonyl (C=O) groups is 1.